The van der Waals surface area contributed by atoms with Gasteiger partial charge in [-0.25, -0.2) is 24.3 Å². The van der Waals surface area contributed by atoms with E-state index in [0.29, 0.717) is 35.0 Å². The van der Waals surface area contributed by atoms with Crippen molar-refractivity contribution >= 4 is 11.6 Å². The van der Waals surface area contributed by atoms with Crippen LogP contribution in [0.2, 0.25) is 0 Å². The van der Waals surface area contributed by atoms with Gasteiger partial charge in [-0.05, 0) is 36.8 Å². The van der Waals surface area contributed by atoms with Crippen LogP contribution in [-0.2, 0) is 11.4 Å². The molecule has 3 heterocycles. The maximum Gasteiger partial charge on any atom is 0.270 e. The minimum absolute atomic E-state index is 0.114. The van der Waals surface area contributed by atoms with Crippen LogP contribution in [0.3, 0.4) is 0 Å². The van der Waals surface area contributed by atoms with Gasteiger partial charge in [0.1, 0.15) is 17.2 Å². The van der Waals surface area contributed by atoms with Gasteiger partial charge in [-0.15, -0.1) is 0 Å². The third kappa shape index (κ3) is 4.63. The first kappa shape index (κ1) is 20.3. The first-order chi connectivity index (χ1) is 15.0. The summed E-state index contributed by atoms with van der Waals surface area (Å²) in [6.07, 6.45) is 3.30. The van der Waals surface area contributed by atoms with Crippen molar-refractivity contribution in [2.45, 2.75) is 26.0 Å². The third-order valence-corrected chi connectivity index (χ3v) is 4.58. The van der Waals surface area contributed by atoms with Crippen LogP contribution < -0.4 is 10.1 Å². The van der Waals surface area contributed by atoms with Crippen LogP contribution in [0.1, 0.15) is 45.9 Å². The maximum absolute atomic E-state index is 13.5. The number of nitrogens with one attached hydrogen (secondary N) is 1. The van der Waals surface area contributed by atoms with Gasteiger partial charge in [0, 0.05) is 25.4 Å². The van der Waals surface area contributed by atoms with Gasteiger partial charge in [0.25, 0.3) is 5.91 Å². The predicted octanol–water partition coefficient (Wildman–Crippen LogP) is 2.52. The number of hydrogen-bond acceptors (Lipinski definition) is 8. The molecule has 2 aromatic heterocycles. The Morgan fingerprint density at radius 3 is 2.84 bits per heavy atom. The molecule has 0 saturated carbocycles. The van der Waals surface area contributed by atoms with Gasteiger partial charge in [-0.1, -0.05) is 11.2 Å². The number of aromatic nitrogens is 4. The Bertz CT molecular complexity index is 1140. The fourth-order valence-corrected chi connectivity index (χ4v) is 3.06. The van der Waals surface area contributed by atoms with Crippen molar-refractivity contribution in [1.29, 1.82) is 0 Å². The lowest BCUT2D eigenvalue weighted by atomic mass is 10.1. The molecular formula is C21H19FN6O3. The second-order valence-electron chi connectivity index (χ2n) is 6.78. The zero-order chi connectivity index (χ0) is 21.8. The second kappa shape index (κ2) is 8.82. The summed E-state index contributed by atoms with van der Waals surface area (Å²) in [6.45, 7) is 1.88. The zero-order valence-corrected chi connectivity index (χ0v) is 16.9. The third-order valence-electron chi connectivity index (χ3n) is 4.58. The Labute approximate surface area is 177 Å². The highest BCUT2D eigenvalue weighted by Crippen LogP contribution is 2.26. The van der Waals surface area contributed by atoms with Crippen molar-refractivity contribution in [2.24, 2.45) is 5.16 Å². The van der Waals surface area contributed by atoms with Gasteiger partial charge in [0.15, 0.2) is 23.5 Å². The number of nitrogens with zero attached hydrogens (tertiary/aromatic N) is 5. The molecule has 0 saturated heterocycles. The number of aryl methyl sites for hydroxylation is 1. The van der Waals surface area contributed by atoms with Gasteiger partial charge in [0.05, 0.1) is 12.8 Å². The number of oxime groups is 1. The summed E-state index contributed by atoms with van der Waals surface area (Å²) in [6, 6.07) is 7.68. The number of amides is 1. The van der Waals surface area contributed by atoms with Crippen LogP contribution >= 0.6 is 0 Å². The van der Waals surface area contributed by atoms with Crippen LogP contribution in [0.15, 0.2) is 47.9 Å². The molecule has 158 valence electrons. The fraction of sp³-hybridized carbons (Fsp3) is 0.238. The molecule has 1 N–H and O–H groups in total. The van der Waals surface area contributed by atoms with Crippen LogP contribution in [-0.4, -0.2) is 38.7 Å². The minimum Gasteiger partial charge on any atom is -0.494 e. The predicted molar refractivity (Wildman–Crippen MR) is 108 cm³/mol. The summed E-state index contributed by atoms with van der Waals surface area (Å²) >= 11 is 0. The Balaban J connectivity index is 1.46. The molecule has 0 radical (unpaired) electrons. The first-order valence-electron chi connectivity index (χ1n) is 9.50. The Hall–Kier alpha value is -3.95. The Morgan fingerprint density at radius 2 is 2.06 bits per heavy atom. The quantitative estimate of drug-likeness (QED) is 0.650. The molecule has 0 spiro atoms. The lowest BCUT2D eigenvalue weighted by Gasteiger charge is -2.09. The monoisotopic (exact) mass is 422 g/mol. The van der Waals surface area contributed by atoms with Crippen molar-refractivity contribution < 1.29 is 18.8 Å². The number of ether oxygens (including phenoxy) is 1. The molecule has 10 heteroatoms. The largest absolute Gasteiger partial charge is 0.494 e. The van der Waals surface area contributed by atoms with E-state index in [0.717, 1.165) is 0 Å². The maximum atomic E-state index is 13.5. The van der Waals surface area contributed by atoms with Crippen molar-refractivity contribution in [3.05, 3.63) is 77.1 Å². The fourth-order valence-electron chi connectivity index (χ4n) is 3.06. The number of methoxy groups -OCH3 is 1. The van der Waals surface area contributed by atoms with Crippen molar-refractivity contribution in [1.82, 2.24) is 25.3 Å². The summed E-state index contributed by atoms with van der Waals surface area (Å²) in [5.74, 6) is 0.209. The summed E-state index contributed by atoms with van der Waals surface area (Å²) in [5, 5.41) is 6.86. The van der Waals surface area contributed by atoms with Crippen LogP contribution in [0.5, 0.6) is 5.75 Å². The van der Waals surface area contributed by atoms with E-state index in [4.69, 9.17) is 9.57 Å². The molecule has 1 atom stereocenters. The normalized spacial score (nSPS) is 15.2. The Kier molecular flexibility index (Phi) is 5.78. The second-order valence-corrected chi connectivity index (χ2v) is 6.78. The SMILES string of the molecule is COc1cc(CNC(=O)c2cc(C3=NOC(c4ncccn4)C3)nc(C)n2)ccc1F. The first-order valence-corrected chi connectivity index (χ1v) is 9.50. The van der Waals surface area contributed by atoms with E-state index in [1.807, 2.05) is 0 Å². The van der Waals surface area contributed by atoms with Gasteiger partial charge in [-0.3, -0.25) is 4.79 Å². The van der Waals surface area contributed by atoms with E-state index in [1.165, 1.54) is 19.2 Å². The van der Waals surface area contributed by atoms with Crippen LogP contribution in [0, 0.1) is 12.7 Å². The lowest BCUT2D eigenvalue weighted by molar-refractivity contribution is 0.0791. The number of benzene rings is 1. The van der Waals surface area contributed by atoms with Gasteiger partial charge in [-0.2, -0.15) is 0 Å². The average molecular weight is 422 g/mol. The lowest BCUT2D eigenvalue weighted by Crippen LogP contribution is -2.25. The molecule has 0 aliphatic carbocycles. The smallest absolute Gasteiger partial charge is 0.270 e. The van der Waals surface area contributed by atoms with Crippen molar-refractivity contribution in [3.63, 3.8) is 0 Å². The molecule has 1 aliphatic heterocycles. The highest BCUT2D eigenvalue weighted by Gasteiger charge is 2.27. The summed E-state index contributed by atoms with van der Waals surface area (Å²) in [4.78, 5) is 35.0. The molecule has 1 unspecified atom stereocenters. The van der Waals surface area contributed by atoms with Gasteiger partial charge < -0.3 is 14.9 Å². The summed E-state index contributed by atoms with van der Waals surface area (Å²) in [5.41, 5.74) is 1.97. The standard InChI is InChI=1S/C21H19FN6O3/c1-12-26-15(16-10-19(31-28-16)20-23-6-3-7-24-20)9-17(27-12)21(29)25-11-13-4-5-14(22)18(8-13)30-2/h3-9,19H,10-11H2,1-2H3,(H,25,29). The Morgan fingerprint density at radius 1 is 1.26 bits per heavy atom. The topological polar surface area (TPSA) is 111 Å². The van der Waals surface area contributed by atoms with Crippen LogP contribution in [0.4, 0.5) is 4.39 Å². The summed E-state index contributed by atoms with van der Waals surface area (Å²) in [7, 11) is 1.38. The number of carbonyl (C=O) groups is 1. The summed E-state index contributed by atoms with van der Waals surface area (Å²) < 4.78 is 18.5. The number of rotatable bonds is 6. The van der Waals surface area contributed by atoms with E-state index in [-0.39, 0.29) is 18.0 Å². The number of halogens is 1. The number of carbonyl (C=O) groups excluding carboxylic acids is 1. The van der Waals surface area contributed by atoms with E-state index < -0.39 is 17.8 Å². The van der Waals surface area contributed by atoms with Crippen molar-refractivity contribution in [2.75, 3.05) is 7.11 Å². The van der Waals surface area contributed by atoms with E-state index in [9.17, 15) is 9.18 Å². The highest BCUT2D eigenvalue weighted by molar-refractivity contribution is 6.01. The van der Waals surface area contributed by atoms with Gasteiger partial charge >= 0.3 is 0 Å². The molecule has 0 bridgehead atoms. The molecule has 31 heavy (non-hydrogen) atoms. The molecule has 0 fully saturated rings. The van der Waals surface area contributed by atoms with E-state index >= 15 is 0 Å². The van der Waals surface area contributed by atoms with Gasteiger partial charge in [0.2, 0.25) is 0 Å². The number of hydrogen-bond donors (Lipinski definition) is 1. The van der Waals surface area contributed by atoms with E-state index in [2.05, 4.69) is 30.4 Å². The molecule has 9 nitrogen and oxygen atoms in total. The van der Waals surface area contributed by atoms with Crippen LogP contribution in [0.25, 0.3) is 0 Å². The zero-order valence-electron chi connectivity index (χ0n) is 16.9. The van der Waals surface area contributed by atoms with E-state index in [1.54, 1.807) is 37.5 Å². The van der Waals surface area contributed by atoms with Crippen molar-refractivity contribution in [3.8, 4) is 5.75 Å². The molecular weight excluding hydrogens is 403 g/mol. The molecule has 4 rings (SSSR count). The average Bonchev–Trinajstić information content (AvgIpc) is 3.29. The highest BCUT2D eigenvalue weighted by atomic mass is 19.1. The molecule has 1 aromatic carbocycles. The molecule has 3 aromatic rings. The molecule has 1 aliphatic rings. The minimum atomic E-state index is -0.465. The molecule has 1 amide bonds.